The van der Waals surface area contributed by atoms with Crippen LogP contribution in [-0.4, -0.2) is 21.8 Å². The molecule has 0 saturated carbocycles. The highest BCUT2D eigenvalue weighted by molar-refractivity contribution is 7.22. The standard InChI is InChI=1S/C28H23ClN2O3S/c1-15(2)17-5-7-18(8-6-17)24-23(25(32)19-9-11-20(29)12-10-19)26(33)27(34)31(24)28-30-21-13-4-16(3)14-22(21)35-28/h4-15,24,32H,1-3H3/b25-23+/t24-/m0/s1. The summed E-state index contributed by atoms with van der Waals surface area (Å²) >= 11 is 7.36. The first-order chi connectivity index (χ1) is 16.7. The maximum absolute atomic E-state index is 13.4. The van der Waals surface area contributed by atoms with E-state index in [2.05, 4.69) is 18.8 Å². The molecule has 1 aliphatic rings. The third-order valence-corrected chi connectivity index (χ3v) is 7.49. The van der Waals surface area contributed by atoms with E-state index in [-0.39, 0.29) is 11.3 Å². The number of aryl methyl sites for hydroxylation is 1. The summed E-state index contributed by atoms with van der Waals surface area (Å²) in [7, 11) is 0. The molecule has 35 heavy (non-hydrogen) atoms. The Labute approximate surface area is 212 Å². The molecule has 1 aliphatic heterocycles. The van der Waals surface area contributed by atoms with Crippen molar-refractivity contribution in [3.05, 3.63) is 99.6 Å². The van der Waals surface area contributed by atoms with Crippen LogP contribution >= 0.6 is 22.9 Å². The predicted octanol–water partition coefficient (Wildman–Crippen LogP) is 7.01. The Balaban J connectivity index is 1.71. The van der Waals surface area contributed by atoms with Crippen molar-refractivity contribution >= 4 is 55.7 Å². The van der Waals surface area contributed by atoms with E-state index >= 15 is 0 Å². The average molecular weight is 503 g/mol. The third-order valence-electron chi connectivity index (χ3n) is 6.22. The van der Waals surface area contributed by atoms with E-state index in [4.69, 9.17) is 11.6 Å². The van der Waals surface area contributed by atoms with Crippen LogP contribution in [0, 0.1) is 6.92 Å². The number of benzene rings is 3. The number of thiazole rings is 1. The van der Waals surface area contributed by atoms with E-state index in [0.717, 1.165) is 26.9 Å². The van der Waals surface area contributed by atoms with Crippen molar-refractivity contribution in [2.45, 2.75) is 32.7 Å². The first-order valence-electron chi connectivity index (χ1n) is 11.3. The molecule has 1 N–H and O–H groups in total. The number of aliphatic hydroxyl groups is 1. The summed E-state index contributed by atoms with van der Waals surface area (Å²) < 4.78 is 0.925. The number of hydrogen-bond donors (Lipinski definition) is 1. The molecule has 4 aromatic rings. The van der Waals surface area contributed by atoms with Gasteiger partial charge in [-0.1, -0.05) is 67.1 Å². The minimum atomic E-state index is -0.812. The largest absolute Gasteiger partial charge is 0.507 e. The zero-order valence-corrected chi connectivity index (χ0v) is 21.0. The molecule has 3 aromatic carbocycles. The minimum absolute atomic E-state index is 0.0325. The number of nitrogens with zero attached hydrogens (tertiary/aromatic N) is 2. The number of aliphatic hydroxyl groups excluding tert-OH is 1. The molecule has 0 spiro atoms. The molecule has 176 valence electrons. The number of halogens is 1. The van der Waals surface area contributed by atoms with Crippen LogP contribution in [0.5, 0.6) is 0 Å². The number of rotatable bonds is 4. The molecule has 5 rings (SSSR count). The predicted molar refractivity (Wildman–Crippen MR) is 141 cm³/mol. The molecular formula is C28H23ClN2O3S. The van der Waals surface area contributed by atoms with Gasteiger partial charge in [-0.15, -0.1) is 0 Å². The maximum Gasteiger partial charge on any atom is 0.301 e. The quantitative estimate of drug-likeness (QED) is 0.185. The van der Waals surface area contributed by atoms with Crippen LogP contribution in [0.25, 0.3) is 16.0 Å². The number of amides is 1. The number of anilines is 1. The number of Topliss-reactive ketones (excluding diaryl/α,β-unsaturated/α-hetero) is 1. The lowest BCUT2D eigenvalue weighted by Crippen LogP contribution is -2.29. The highest BCUT2D eigenvalue weighted by atomic mass is 35.5. The molecule has 1 saturated heterocycles. The Kier molecular flexibility index (Phi) is 5.95. The number of aromatic nitrogens is 1. The summed E-state index contributed by atoms with van der Waals surface area (Å²) in [6, 6.07) is 19.4. The van der Waals surface area contributed by atoms with E-state index in [1.165, 1.54) is 16.2 Å². The van der Waals surface area contributed by atoms with Crippen LogP contribution in [0.2, 0.25) is 5.02 Å². The van der Waals surface area contributed by atoms with Crippen molar-refractivity contribution in [1.29, 1.82) is 0 Å². The average Bonchev–Trinajstić information content (AvgIpc) is 3.37. The fourth-order valence-electron chi connectivity index (χ4n) is 4.29. The van der Waals surface area contributed by atoms with Crippen LogP contribution in [0.4, 0.5) is 5.13 Å². The lowest BCUT2D eigenvalue weighted by atomic mass is 9.93. The fourth-order valence-corrected chi connectivity index (χ4v) is 5.51. The molecule has 1 atom stereocenters. The molecule has 0 radical (unpaired) electrons. The monoisotopic (exact) mass is 502 g/mol. The normalized spacial score (nSPS) is 17.6. The highest BCUT2D eigenvalue weighted by Gasteiger charge is 2.48. The summed E-state index contributed by atoms with van der Waals surface area (Å²) in [6.07, 6.45) is 0. The van der Waals surface area contributed by atoms with Gasteiger partial charge in [-0.2, -0.15) is 0 Å². The SMILES string of the molecule is Cc1ccc2nc(N3C(=O)C(=O)/C(=C(/O)c4ccc(Cl)cc4)[C@@H]3c3ccc(C(C)C)cc3)sc2c1. The minimum Gasteiger partial charge on any atom is -0.507 e. The Morgan fingerprint density at radius 3 is 2.37 bits per heavy atom. The number of carbonyl (C=O) groups is 2. The second kappa shape index (κ2) is 8.95. The van der Waals surface area contributed by atoms with Gasteiger partial charge in [0.05, 0.1) is 21.8 Å². The van der Waals surface area contributed by atoms with Crippen molar-refractivity contribution < 1.29 is 14.7 Å². The summed E-state index contributed by atoms with van der Waals surface area (Å²) in [4.78, 5) is 32.8. The van der Waals surface area contributed by atoms with Gasteiger partial charge >= 0.3 is 5.91 Å². The van der Waals surface area contributed by atoms with Gasteiger partial charge in [-0.25, -0.2) is 4.98 Å². The molecule has 0 aliphatic carbocycles. The molecular weight excluding hydrogens is 480 g/mol. The van der Waals surface area contributed by atoms with Gasteiger partial charge in [0.1, 0.15) is 5.76 Å². The lowest BCUT2D eigenvalue weighted by molar-refractivity contribution is -0.132. The van der Waals surface area contributed by atoms with Crippen molar-refractivity contribution in [2.24, 2.45) is 0 Å². The van der Waals surface area contributed by atoms with Crippen molar-refractivity contribution in [1.82, 2.24) is 4.98 Å². The summed E-state index contributed by atoms with van der Waals surface area (Å²) in [5.74, 6) is -1.37. The Bertz CT molecular complexity index is 1490. The van der Waals surface area contributed by atoms with Crippen molar-refractivity contribution in [2.75, 3.05) is 4.90 Å². The Hall–Kier alpha value is -3.48. The number of hydrogen-bond acceptors (Lipinski definition) is 5. The van der Waals surface area contributed by atoms with E-state index in [9.17, 15) is 14.7 Å². The van der Waals surface area contributed by atoms with Gasteiger partial charge in [-0.3, -0.25) is 14.5 Å². The van der Waals surface area contributed by atoms with Crippen LogP contribution in [-0.2, 0) is 9.59 Å². The van der Waals surface area contributed by atoms with Crippen molar-refractivity contribution in [3.63, 3.8) is 0 Å². The van der Waals surface area contributed by atoms with Crippen LogP contribution < -0.4 is 4.90 Å². The van der Waals surface area contributed by atoms with Crippen LogP contribution in [0.3, 0.4) is 0 Å². The molecule has 1 amide bonds. The van der Waals surface area contributed by atoms with E-state index in [1.807, 2.05) is 49.4 Å². The van der Waals surface area contributed by atoms with E-state index in [0.29, 0.717) is 21.6 Å². The zero-order valence-electron chi connectivity index (χ0n) is 19.4. The summed E-state index contributed by atoms with van der Waals surface area (Å²) in [6.45, 7) is 6.20. The van der Waals surface area contributed by atoms with Crippen molar-refractivity contribution in [3.8, 4) is 0 Å². The third kappa shape index (κ3) is 4.13. The van der Waals surface area contributed by atoms with Gasteiger partial charge in [0, 0.05) is 10.6 Å². The number of carbonyl (C=O) groups excluding carboxylic acids is 2. The summed E-state index contributed by atoms with van der Waals surface area (Å²) in [5.41, 5.74) is 4.14. The van der Waals surface area contributed by atoms with E-state index in [1.54, 1.807) is 24.3 Å². The maximum atomic E-state index is 13.4. The zero-order chi connectivity index (χ0) is 24.9. The van der Waals surface area contributed by atoms with Gasteiger partial charge in [0.2, 0.25) is 0 Å². The summed E-state index contributed by atoms with van der Waals surface area (Å²) in [5, 5.41) is 12.2. The van der Waals surface area contributed by atoms with E-state index < -0.39 is 17.7 Å². The topological polar surface area (TPSA) is 70.5 Å². The molecule has 2 heterocycles. The molecule has 0 bridgehead atoms. The van der Waals surface area contributed by atoms with Crippen LogP contribution in [0.1, 0.15) is 48.1 Å². The second-order valence-electron chi connectivity index (χ2n) is 8.96. The molecule has 0 unspecified atom stereocenters. The molecule has 1 fully saturated rings. The number of ketones is 1. The number of fused-ring (bicyclic) bond motifs is 1. The molecule has 1 aromatic heterocycles. The molecule has 5 nitrogen and oxygen atoms in total. The smallest absolute Gasteiger partial charge is 0.301 e. The van der Waals surface area contributed by atoms with Gasteiger partial charge in [-0.05, 0) is 65.9 Å². The van der Waals surface area contributed by atoms with Gasteiger partial charge < -0.3 is 5.11 Å². The molecule has 7 heteroatoms. The van der Waals surface area contributed by atoms with Gasteiger partial charge in [0.25, 0.3) is 5.78 Å². The van der Waals surface area contributed by atoms with Crippen LogP contribution in [0.15, 0.2) is 72.3 Å². The fraction of sp³-hybridized carbons (Fsp3) is 0.179. The second-order valence-corrected chi connectivity index (χ2v) is 10.4. The van der Waals surface area contributed by atoms with Gasteiger partial charge in [0.15, 0.2) is 5.13 Å². The lowest BCUT2D eigenvalue weighted by Gasteiger charge is -2.23. The first-order valence-corrected chi connectivity index (χ1v) is 12.5. The Morgan fingerprint density at radius 2 is 1.71 bits per heavy atom. The Morgan fingerprint density at radius 1 is 1.03 bits per heavy atom. The highest BCUT2D eigenvalue weighted by Crippen LogP contribution is 2.44. The first kappa shape index (κ1) is 23.3.